The van der Waals surface area contributed by atoms with E-state index in [9.17, 15) is 9.90 Å². The summed E-state index contributed by atoms with van der Waals surface area (Å²) in [6.07, 6.45) is 2.86. The number of imidazole rings is 1. The van der Waals surface area contributed by atoms with Gasteiger partial charge in [0.25, 0.3) is 5.91 Å². The largest absolute Gasteiger partial charge is 0.392 e. The molecule has 2 aliphatic rings. The number of rotatable bonds is 5. The molecule has 4 aromatic rings. The van der Waals surface area contributed by atoms with Gasteiger partial charge in [-0.15, -0.1) is 0 Å². The first kappa shape index (κ1) is 19.6. The van der Waals surface area contributed by atoms with Crippen LogP contribution in [0.5, 0.6) is 0 Å². The molecule has 1 amide bonds. The summed E-state index contributed by atoms with van der Waals surface area (Å²) in [5.74, 6) is 1.68. The lowest BCUT2D eigenvalue weighted by atomic mass is 9.98. The quantitative estimate of drug-likeness (QED) is 0.523. The first-order chi connectivity index (χ1) is 15.5. The number of carbonyl (C=O) groups excluding carboxylic acids is 1. The molecule has 1 unspecified atom stereocenters. The molecule has 1 aliphatic heterocycles. The van der Waals surface area contributed by atoms with Gasteiger partial charge < -0.3 is 19.1 Å². The molecule has 1 N–H and O–H groups in total. The Morgan fingerprint density at radius 3 is 2.75 bits per heavy atom. The van der Waals surface area contributed by atoms with Crippen LogP contribution in [0.15, 0.2) is 42.5 Å². The zero-order valence-corrected chi connectivity index (χ0v) is 18.6. The van der Waals surface area contributed by atoms with Gasteiger partial charge in [-0.1, -0.05) is 18.2 Å². The lowest BCUT2D eigenvalue weighted by Crippen LogP contribution is -2.41. The summed E-state index contributed by atoms with van der Waals surface area (Å²) in [5, 5.41) is 11.0. The van der Waals surface area contributed by atoms with Crippen molar-refractivity contribution in [2.75, 3.05) is 13.1 Å². The van der Waals surface area contributed by atoms with Crippen molar-refractivity contribution >= 4 is 27.8 Å². The number of benzene rings is 2. The predicted octanol–water partition coefficient (Wildman–Crippen LogP) is 3.98. The number of fused-ring (bicyclic) bond motifs is 3. The number of β-amino-alcohol motifs (C(OH)–C–C–N with tert-alkyl or cyclic N) is 1. The molecule has 0 radical (unpaired) electrons. The van der Waals surface area contributed by atoms with Gasteiger partial charge in [0.1, 0.15) is 0 Å². The molecule has 32 heavy (non-hydrogen) atoms. The average molecular weight is 429 g/mol. The lowest BCUT2D eigenvalue weighted by Gasteiger charge is -2.29. The molecule has 3 heterocycles. The summed E-state index contributed by atoms with van der Waals surface area (Å²) in [5.41, 5.74) is 6.07. The van der Waals surface area contributed by atoms with Gasteiger partial charge in [-0.05, 0) is 61.9 Å². The third-order valence-electron chi connectivity index (χ3n) is 6.94. The van der Waals surface area contributed by atoms with Gasteiger partial charge in [0.15, 0.2) is 5.82 Å². The minimum absolute atomic E-state index is 0.0101. The van der Waals surface area contributed by atoms with Crippen molar-refractivity contribution in [3.8, 4) is 11.5 Å². The smallest absolute Gasteiger partial charge is 0.254 e. The lowest BCUT2D eigenvalue weighted by molar-refractivity contribution is 0.0631. The Balaban J connectivity index is 1.48. The number of carbonyl (C=O) groups is 1. The zero-order valence-electron chi connectivity index (χ0n) is 18.6. The van der Waals surface area contributed by atoms with Crippen LogP contribution in [-0.4, -0.2) is 49.2 Å². The number of para-hydroxylation sites is 1. The van der Waals surface area contributed by atoms with E-state index in [4.69, 9.17) is 4.98 Å². The summed E-state index contributed by atoms with van der Waals surface area (Å²) in [6.45, 7) is 3.75. The van der Waals surface area contributed by atoms with E-state index >= 15 is 0 Å². The summed E-state index contributed by atoms with van der Waals surface area (Å²) in [6, 6.07) is 14.9. The van der Waals surface area contributed by atoms with E-state index in [-0.39, 0.29) is 5.91 Å². The highest BCUT2D eigenvalue weighted by Crippen LogP contribution is 2.37. The fourth-order valence-corrected chi connectivity index (χ4v) is 5.09. The van der Waals surface area contributed by atoms with Crippen LogP contribution in [-0.2, 0) is 20.0 Å². The van der Waals surface area contributed by atoms with E-state index in [1.807, 2.05) is 6.07 Å². The number of nitrogens with zero attached hydrogens (tertiary/aromatic N) is 4. The molecule has 0 bridgehead atoms. The van der Waals surface area contributed by atoms with E-state index in [2.05, 4.69) is 52.6 Å². The predicted molar refractivity (Wildman–Crippen MR) is 126 cm³/mol. The van der Waals surface area contributed by atoms with Crippen LogP contribution in [0.25, 0.3) is 33.5 Å². The Labute approximate surface area is 187 Å². The van der Waals surface area contributed by atoms with Gasteiger partial charge >= 0.3 is 0 Å². The van der Waals surface area contributed by atoms with Crippen molar-refractivity contribution in [2.45, 2.75) is 38.8 Å². The number of hydrogen-bond donors (Lipinski definition) is 1. The average Bonchev–Trinajstić information content (AvgIpc) is 3.45. The van der Waals surface area contributed by atoms with Crippen LogP contribution in [0.2, 0.25) is 0 Å². The van der Waals surface area contributed by atoms with Crippen molar-refractivity contribution in [1.29, 1.82) is 0 Å². The highest BCUT2D eigenvalue weighted by atomic mass is 16.3. The Bertz CT molecular complexity index is 1360. The summed E-state index contributed by atoms with van der Waals surface area (Å²) in [4.78, 5) is 19.8. The van der Waals surface area contributed by atoms with E-state index in [1.54, 1.807) is 11.8 Å². The van der Waals surface area contributed by atoms with Crippen molar-refractivity contribution < 1.29 is 9.90 Å². The molecular weight excluding hydrogens is 400 g/mol. The van der Waals surface area contributed by atoms with E-state index in [0.717, 1.165) is 47.0 Å². The molecule has 6 rings (SSSR count). The van der Waals surface area contributed by atoms with E-state index in [0.29, 0.717) is 18.7 Å². The number of hydrogen-bond acceptors (Lipinski definition) is 3. The molecular formula is C26H28N4O2. The van der Waals surface area contributed by atoms with Crippen LogP contribution in [0.4, 0.5) is 0 Å². The van der Waals surface area contributed by atoms with Gasteiger partial charge in [-0.25, -0.2) is 4.98 Å². The first-order valence-electron chi connectivity index (χ1n) is 11.5. The SMILES string of the molecule is CC(O)CN1CCc2cc3c(cc2C1=O)nc(-c1cc2ccccc2n1CC1CC1)n3C. The Morgan fingerprint density at radius 2 is 1.97 bits per heavy atom. The minimum Gasteiger partial charge on any atom is -0.392 e. The van der Waals surface area contributed by atoms with Gasteiger partial charge in [-0.2, -0.15) is 0 Å². The van der Waals surface area contributed by atoms with Crippen molar-refractivity contribution in [1.82, 2.24) is 19.0 Å². The number of aryl methyl sites for hydroxylation is 1. The van der Waals surface area contributed by atoms with Gasteiger partial charge in [0, 0.05) is 43.1 Å². The molecule has 164 valence electrons. The fourth-order valence-electron chi connectivity index (χ4n) is 5.09. The molecule has 2 aromatic heterocycles. The fraction of sp³-hybridized carbons (Fsp3) is 0.385. The van der Waals surface area contributed by atoms with Crippen LogP contribution < -0.4 is 0 Å². The number of aliphatic hydroxyl groups excluding tert-OH is 1. The van der Waals surface area contributed by atoms with E-state index < -0.39 is 6.10 Å². The topological polar surface area (TPSA) is 63.3 Å². The first-order valence-corrected chi connectivity index (χ1v) is 11.5. The monoisotopic (exact) mass is 428 g/mol. The maximum atomic E-state index is 13.0. The van der Waals surface area contributed by atoms with Crippen LogP contribution in [0.3, 0.4) is 0 Å². The van der Waals surface area contributed by atoms with Crippen LogP contribution >= 0.6 is 0 Å². The Morgan fingerprint density at radius 1 is 1.16 bits per heavy atom. The van der Waals surface area contributed by atoms with Crippen molar-refractivity contribution in [2.24, 2.45) is 13.0 Å². The summed E-state index contributed by atoms with van der Waals surface area (Å²) < 4.78 is 4.59. The highest BCUT2D eigenvalue weighted by Gasteiger charge is 2.28. The molecule has 1 aliphatic carbocycles. The van der Waals surface area contributed by atoms with Gasteiger partial charge in [0.05, 0.1) is 22.8 Å². The number of aliphatic hydroxyl groups is 1. The maximum absolute atomic E-state index is 13.0. The van der Waals surface area contributed by atoms with Crippen LogP contribution in [0.1, 0.15) is 35.7 Å². The molecule has 6 heteroatoms. The molecule has 6 nitrogen and oxygen atoms in total. The summed E-state index contributed by atoms with van der Waals surface area (Å²) >= 11 is 0. The van der Waals surface area contributed by atoms with Crippen LogP contribution in [0, 0.1) is 5.92 Å². The Hall–Kier alpha value is -3.12. The molecule has 0 spiro atoms. The summed E-state index contributed by atoms with van der Waals surface area (Å²) in [7, 11) is 2.07. The highest BCUT2D eigenvalue weighted by molar-refractivity contribution is 6.00. The molecule has 2 aromatic carbocycles. The normalized spacial score (nSPS) is 17.3. The number of aromatic nitrogens is 3. The third-order valence-corrected chi connectivity index (χ3v) is 6.94. The molecule has 1 saturated carbocycles. The second kappa shape index (κ2) is 7.20. The standard InChI is InChI=1S/C26H28N4O2/c1-16(31)14-29-10-9-18-11-23-21(13-20(18)26(29)32)27-25(28(23)2)24-12-19-5-3-4-6-22(19)30(24)15-17-7-8-17/h3-6,11-13,16-17,31H,7-10,14-15H2,1-2H3. The second-order valence-electron chi connectivity index (χ2n) is 9.49. The minimum atomic E-state index is -0.529. The van der Waals surface area contributed by atoms with Gasteiger partial charge in [0.2, 0.25) is 0 Å². The second-order valence-corrected chi connectivity index (χ2v) is 9.49. The van der Waals surface area contributed by atoms with Crippen molar-refractivity contribution in [3.05, 3.63) is 53.6 Å². The third kappa shape index (κ3) is 3.13. The molecule has 1 atom stereocenters. The maximum Gasteiger partial charge on any atom is 0.254 e. The van der Waals surface area contributed by atoms with Crippen molar-refractivity contribution in [3.63, 3.8) is 0 Å². The van der Waals surface area contributed by atoms with Gasteiger partial charge in [-0.3, -0.25) is 4.79 Å². The molecule has 0 saturated heterocycles. The van der Waals surface area contributed by atoms with E-state index in [1.165, 1.54) is 23.7 Å². The zero-order chi connectivity index (χ0) is 22.0. The molecule has 1 fully saturated rings. The number of amides is 1. The Kier molecular flexibility index (Phi) is 4.40.